The average molecular weight is 460 g/mol. The number of halogens is 1. The van der Waals surface area contributed by atoms with Crippen LogP contribution in [0.1, 0.15) is 38.9 Å². The summed E-state index contributed by atoms with van der Waals surface area (Å²) in [7, 11) is 0. The maximum Gasteiger partial charge on any atom is 0.262 e. The summed E-state index contributed by atoms with van der Waals surface area (Å²) in [6.07, 6.45) is 4.93. The van der Waals surface area contributed by atoms with E-state index in [4.69, 9.17) is 16.0 Å². The molecule has 0 bridgehead atoms. The van der Waals surface area contributed by atoms with E-state index in [1.807, 2.05) is 6.07 Å². The van der Waals surface area contributed by atoms with Crippen LogP contribution in [-0.4, -0.2) is 27.3 Å². The first-order valence-corrected chi connectivity index (χ1v) is 11.9. The fraction of sp³-hybridized carbons (Fsp3) is 0.435. The number of benzene rings is 1. The Morgan fingerprint density at radius 1 is 1.32 bits per heavy atom. The number of rotatable bonds is 6. The summed E-state index contributed by atoms with van der Waals surface area (Å²) in [5.74, 6) is 1.86. The van der Waals surface area contributed by atoms with E-state index in [2.05, 4.69) is 24.1 Å². The zero-order chi connectivity index (χ0) is 22.0. The molecule has 0 radical (unpaired) electrons. The zero-order valence-electron chi connectivity index (χ0n) is 17.6. The van der Waals surface area contributed by atoms with Crippen LogP contribution in [0.5, 0.6) is 0 Å². The third-order valence-electron chi connectivity index (χ3n) is 6.16. The monoisotopic (exact) mass is 459 g/mol. The predicted molar refractivity (Wildman–Crippen MR) is 124 cm³/mol. The second-order valence-electron chi connectivity index (χ2n) is 8.26. The molecule has 0 saturated heterocycles. The molecule has 2 heterocycles. The molecule has 3 atom stereocenters. The first-order valence-electron chi connectivity index (χ1n) is 10.6. The summed E-state index contributed by atoms with van der Waals surface area (Å²) in [4.78, 5) is 30.5. The lowest BCUT2D eigenvalue weighted by atomic mass is 9.78. The Labute approximate surface area is 190 Å². The van der Waals surface area contributed by atoms with E-state index < -0.39 is 0 Å². The lowest BCUT2D eigenvalue weighted by Gasteiger charge is -2.34. The molecule has 1 N–H and O–H groups in total. The van der Waals surface area contributed by atoms with Gasteiger partial charge in [0, 0.05) is 11.1 Å². The fourth-order valence-electron chi connectivity index (χ4n) is 4.15. The number of thioether (sulfide) groups is 1. The Bertz CT molecular complexity index is 1130. The summed E-state index contributed by atoms with van der Waals surface area (Å²) in [6, 6.07) is 8.82. The molecule has 1 amide bonds. The van der Waals surface area contributed by atoms with Gasteiger partial charge < -0.3 is 9.73 Å². The maximum absolute atomic E-state index is 13.2. The highest BCUT2D eigenvalue weighted by Crippen LogP contribution is 2.29. The van der Waals surface area contributed by atoms with Crippen molar-refractivity contribution in [1.82, 2.24) is 14.9 Å². The van der Waals surface area contributed by atoms with Gasteiger partial charge in [0.15, 0.2) is 5.16 Å². The second-order valence-corrected chi connectivity index (χ2v) is 9.64. The summed E-state index contributed by atoms with van der Waals surface area (Å²) in [6.45, 7) is 4.70. The molecule has 1 aliphatic carbocycles. The standard InChI is InChI=1S/C23H26ClN3O3S/c1-14-5-3-7-19(15(14)2)25-21(28)13-31-23-26-20-11-16(24)8-9-18(20)22(29)27(23)12-17-6-4-10-30-17/h4,6,8-11,14-15,19H,3,5,7,12-13H2,1-2H3,(H,25,28). The smallest absolute Gasteiger partial charge is 0.262 e. The van der Waals surface area contributed by atoms with Crippen molar-refractivity contribution in [3.63, 3.8) is 0 Å². The largest absolute Gasteiger partial charge is 0.467 e. The van der Waals surface area contributed by atoms with Crippen molar-refractivity contribution >= 4 is 40.2 Å². The summed E-state index contributed by atoms with van der Waals surface area (Å²) in [5, 5.41) is 4.64. The highest BCUT2D eigenvalue weighted by atomic mass is 35.5. The first-order chi connectivity index (χ1) is 14.9. The van der Waals surface area contributed by atoms with Gasteiger partial charge >= 0.3 is 0 Å². The molecule has 1 aliphatic rings. The van der Waals surface area contributed by atoms with E-state index in [1.165, 1.54) is 18.2 Å². The third kappa shape index (κ3) is 4.99. The van der Waals surface area contributed by atoms with E-state index in [0.717, 1.165) is 12.8 Å². The van der Waals surface area contributed by atoms with Gasteiger partial charge in [0.25, 0.3) is 5.56 Å². The van der Waals surface area contributed by atoms with Gasteiger partial charge in [0.2, 0.25) is 5.91 Å². The van der Waals surface area contributed by atoms with Crippen molar-refractivity contribution < 1.29 is 9.21 Å². The molecule has 4 rings (SSSR count). The number of amides is 1. The van der Waals surface area contributed by atoms with Crippen LogP contribution in [0.15, 0.2) is 51.0 Å². The van der Waals surface area contributed by atoms with E-state index in [1.54, 1.807) is 35.1 Å². The number of aromatic nitrogens is 2. The van der Waals surface area contributed by atoms with E-state index >= 15 is 0 Å². The minimum atomic E-state index is -0.185. The molecule has 1 aromatic carbocycles. The normalized spacial score (nSPS) is 21.3. The third-order valence-corrected chi connectivity index (χ3v) is 7.37. The number of nitrogens with one attached hydrogen (secondary N) is 1. The van der Waals surface area contributed by atoms with Crippen molar-refractivity contribution in [3.8, 4) is 0 Å². The van der Waals surface area contributed by atoms with Crippen LogP contribution in [0.3, 0.4) is 0 Å². The van der Waals surface area contributed by atoms with Crippen LogP contribution in [0.4, 0.5) is 0 Å². The van der Waals surface area contributed by atoms with Crippen molar-refractivity contribution in [3.05, 3.63) is 57.7 Å². The molecule has 0 aliphatic heterocycles. The zero-order valence-corrected chi connectivity index (χ0v) is 19.2. The summed E-state index contributed by atoms with van der Waals surface area (Å²) in [5.41, 5.74) is 0.335. The van der Waals surface area contributed by atoms with E-state index in [-0.39, 0.29) is 29.8 Å². The minimum absolute atomic E-state index is 0.0408. The number of nitrogens with zero attached hydrogens (tertiary/aromatic N) is 2. The number of hydrogen-bond acceptors (Lipinski definition) is 5. The van der Waals surface area contributed by atoms with Gasteiger partial charge in [0.1, 0.15) is 5.76 Å². The Morgan fingerprint density at radius 3 is 2.94 bits per heavy atom. The molecule has 31 heavy (non-hydrogen) atoms. The van der Waals surface area contributed by atoms with Gasteiger partial charge in [-0.1, -0.05) is 50.1 Å². The number of fused-ring (bicyclic) bond motifs is 1. The molecule has 6 nitrogen and oxygen atoms in total. The van der Waals surface area contributed by atoms with Crippen LogP contribution in [0.25, 0.3) is 10.9 Å². The van der Waals surface area contributed by atoms with Crippen molar-refractivity contribution in [2.75, 3.05) is 5.75 Å². The summed E-state index contributed by atoms with van der Waals surface area (Å²) < 4.78 is 6.98. The molecule has 3 unspecified atom stereocenters. The van der Waals surface area contributed by atoms with Gasteiger partial charge in [-0.05, 0) is 48.6 Å². The number of furan rings is 1. The average Bonchev–Trinajstić information content (AvgIpc) is 3.25. The van der Waals surface area contributed by atoms with E-state index in [9.17, 15) is 9.59 Å². The van der Waals surface area contributed by atoms with E-state index in [0.29, 0.717) is 38.7 Å². The fourth-order valence-corrected chi connectivity index (χ4v) is 5.12. The summed E-state index contributed by atoms with van der Waals surface area (Å²) >= 11 is 7.36. The molecule has 8 heteroatoms. The molecule has 164 valence electrons. The molecular weight excluding hydrogens is 434 g/mol. The topological polar surface area (TPSA) is 77.1 Å². The van der Waals surface area contributed by atoms with Gasteiger partial charge in [-0.25, -0.2) is 4.98 Å². The predicted octanol–water partition coefficient (Wildman–Crippen LogP) is 4.72. The number of carbonyl (C=O) groups excluding carboxylic acids is 1. The number of hydrogen-bond donors (Lipinski definition) is 1. The van der Waals surface area contributed by atoms with Crippen LogP contribution >= 0.6 is 23.4 Å². The minimum Gasteiger partial charge on any atom is -0.467 e. The lowest BCUT2D eigenvalue weighted by molar-refractivity contribution is -0.120. The molecule has 2 aromatic heterocycles. The molecule has 3 aromatic rings. The maximum atomic E-state index is 13.2. The second kappa shape index (κ2) is 9.49. The van der Waals surface area contributed by atoms with Gasteiger partial charge in [0.05, 0.1) is 29.5 Å². The molecule has 0 spiro atoms. The van der Waals surface area contributed by atoms with Crippen molar-refractivity contribution in [2.45, 2.75) is 50.9 Å². The quantitative estimate of drug-likeness (QED) is 0.426. The highest BCUT2D eigenvalue weighted by molar-refractivity contribution is 7.99. The SMILES string of the molecule is CC1CCCC(NC(=O)CSc2nc3cc(Cl)ccc3c(=O)n2Cc2ccco2)C1C. The van der Waals surface area contributed by atoms with Gasteiger partial charge in [-0.2, -0.15) is 0 Å². The Hall–Kier alpha value is -2.25. The van der Waals surface area contributed by atoms with Crippen LogP contribution in [-0.2, 0) is 11.3 Å². The molecule has 1 saturated carbocycles. The lowest BCUT2D eigenvalue weighted by Crippen LogP contribution is -2.44. The van der Waals surface area contributed by atoms with Crippen molar-refractivity contribution in [2.24, 2.45) is 11.8 Å². The van der Waals surface area contributed by atoms with Crippen LogP contribution in [0.2, 0.25) is 5.02 Å². The van der Waals surface area contributed by atoms with Gasteiger partial charge in [-0.3, -0.25) is 14.2 Å². The molecule has 1 fully saturated rings. The van der Waals surface area contributed by atoms with Crippen LogP contribution < -0.4 is 10.9 Å². The van der Waals surface area contributed by atoms with Crippen molar-refractivity contribution in [1.29, 1.82) is 0 Å². The molecular formula is C23H26ClN3O3S. The Morgan fingerprint density at radius 2 is 2.16 bits per heavy atom. The Balaban J connectivity index is 1.56. The van der Waals surface area contributed by atoms with Gasteiger partial charge in [-0.15, -0.1) is 0 Å². The van der Waals surface area contributed by atoms with Crippen LogP contribution in [0, 0.1) is 11.8 Å². The number of carbonyl (C=O) groups is 1. The Kier molecular flexibility index (Phi) is 6.72. The first kappa shape index (κ1) is 22.0. The highest BCUT2D eigenvalue weighted by Gasteiger charge is 2.28.